The summed E-state index contributed by atoms with van der Waals surface area (Å²) >= 11 is 7.05. The van der Waals surface area contributed by atoms with Gasteiger partial charge >= 0.3 is 0 Å². The number of nitrogens with one attached hydrogen (secondary N) is 1. The predicted molar refractivity (Wildman–Crippen MR) is 86.9 cm³/mol. The summed E-state index contributed by atoms with van der Waals surface area (Å²) in [5.74, 6) is 0.905. The fourth-order valence-electron chi connectivity index (χ4n) is 1.90. The molecule has 0 saturated heterocycles. The topological polar surface area (TPSA) is 39.1 Å². The van der Waals surface area contributed by atoms with Gasteiger partial charge in [-0.1, -0.05) is 15.9 Å². The fourth-order valence-corrected chi connectivity index (χ4v) is 3.33. The smallest absolute Gasteiger partial charge is 0.138 e. The van der Waals surface area contributed by atoms with Crippen LogP contribution in [0.3, 0.4) is 0 Å². The molecule has 0 bridgehead atoms. The van der Waals surface area contributed by atoms with Gasteiger partial charge in [-0.25, -0.2) is 0 Å². The van der Waals surface area contributed by atoms with Crippen LogP contribution in [0.15, 0.2) is 39.5 Å². The molecule has 6 heteroatoms. The van der Waals surface area contributed by atoms with Gasteiger partial charge in [-0.05, 0) is 41.1 Å². The standard InChI is InChI=1S/C14H17Br2N3O/c1-2-20-14-11(8-12(15)9-13(14)16)10-17-5-7-19-6-3-4-18-19/h3-4,6,8-9,17H,2,5,7,10H2,1H3. The van der Waals surface area contributed by atoms with Crippen molar-refractivity contribution in [3.8, 4) is 5.75 Å². The van der Waals surface area contributed by atoms with Crippen LogP contribution < -0.4 is 10.1 Å². The van der Waals surface area contributed by atoms with Crippen LogP contribution in [0.5, 0.6) is 5.75 Å². The minimum atomic E-state index is 0.653. The summed E-state index contributed by atoms with van der Waals surface area (Å²) in [5, 5.41) is 7.58. The van der Waals surface area contributed by atoms with Crippen molar-refractivity contribution in [1.29, 1.82) is 0 Å². The highest BCUT2D eigenvalue weighted by Gasteiger charge is 2.09. The molecule has 0 aliphatic carbocycles. The van der Waals surface area contributed by atoms with E-state index < -0.39 is 0 Å². The first kappa shape index (κ1) is 15.5. The number of benzene rings is 1. The zero-order chi connectivity index (χ0) is 14.4. The molecule has 108 valence electrons. The number of ether oxygens (including phenoxy) is 1. The van der Waals surface area contributed by atoms with Gasteiger partial charge in [0, 0.05) is 35.5 Å². The summed E-state index contributed by atoms with van der Waals surface area (Å²) in [6, 6.07) is 6.01. The average Bonchev–Trinajstić information content (AvgIpc) is 2.91. The van der Waals surface area contributed by atoms with Crippen LogP contribution in [-0.2, 0) is 13.1 Å². The first-order valence-corrected chi connectivity index (χ1v) is 8.08. The Balaban J connectivity index is 1.94. The minimum Gasteiger partial charge on any atom is -0.492 e. The Labute approximate surface area is 135 Å². The van der Waals surface area contributed by atoms with E-state index in [-0.39, 0.29) is 0 Å². The second-order valence-corrected chi connectivity index (χ2v) is 6.02. The second kappa shape index (κ2) is 7.81. The van der Waals surface area contributed by atoms with Crippen LogP contribution in [0.4, 0.5) is 0 Å². The Morgan fingerprint density at radius 3 is 2.90 bits per heavy atom. The van der Waals surface area contributed by atoms with E-state index in [1.807, 2.05) is 29.9 Å². The van der Waals surface area contributed by atoms with Crippen molar-refractivity contribution in [2.75, 3.05) is 13.2 Å². The maximum absolute atomic E-state index is 5.70. The first-order chi connectivity index (χ1) is 9.70. The normalized spacial score (nSPS) is 10.8. The molecule has 0 aliphatic heterocycles. The maximum Gasteiger partial charge on any atom is 0.138 e. The van der Waals surface area contributed by atoms with Gasteiger partial charge in [0.05, 0.1) is 17.6 Å². The van der Waals surface area contributed by atoms with E-state index in [2.05, 4.69) is 48.3 Å². The van der Waals surface area contributed by atoms with Crippen LogP contribution >= 0.6 is 31.9 Å². The van der Waals surface area contributed by atoms with E-state index in [0.717, 1.165) is 39.9 Å². The molecule has 1 aromatic carbocycles. The fraction of sp³-hybridized carbons (Fsp3) is 0.357. The molecule has 0 unspecified atom stereocenters. The van der Waals surface area contributed by atoms with Crippen molar-refractivity contribution in [3.63, 3.8) is 0 Å². The highest BCUT2D eigenvalue weighted by atomic mass is 79.9. The minimum absolute atomic E-state index is 0.653. The zero-order valence-electron chi connectivity index (χ0n) is 11.3. The number of hydrogen-bond acceptors (Lipinski definition) is 3. The van der Waals surface area contributed by atoms with E-state index in [9.17, 15) is 0 Å². The van der Waals surface area contributed by atoms with E-state index in [4.69, 9.17) is 4.74 Å². The number of nitrogens with zero attached hydrogens (tertiary/aromatic N) is 2. The third-order valence-corrected chi connectivity index (χ3v) is 3.81. The molecule has 2 aromatic rings. The van der Waals surface area contributed by atoms with Gasteiger partial charge in [0.15, 0.2) is 0 Å². The molecule has 0 spiro atoms. The molecule has 0 amide bonds. The molecule has 20 heavy (non-hydrogen) atoms. The number of aromatic nitrogens is 2. The van der Waals surface area contributed by atoms with Crippen molar-refractivity contribution in [2.45, 2.75) is 20.0 Å². The lowest BCUT2D eigenvalue weighted by atomic mass is 10.2. The van der Waals surface area contributed by atoms with Crippen LogP contribution in [0, 0.1) is 0 Å². The van der Waals surface area contributed by atoms with Crippen molar-refractivity contribution < 1.29 is 4.74 Å². The number of rotatable bonds is 7. The Hall–Kier alpha value is -0.850. The van der Waals surface area contributed by atoms with Gasteiger partial charge in [0.25, 0.3) is 0 Å². The van der Waals surface area contributed by atoms with Crippen molar-refractivity contribution >= 4 is 31.9 Å². The van der Waals surface area contributed by atoms with Gasteiger partial charge in [-0.15, -0.1) is 0 Å². The van der Waals surface area contributed by atoms with Crippen LogP contribution in [0.25, 0.3) is 0 Å². The highest BCUT2D eigenvalue weighted by Crippen LogP contribution is 2.32. The van der Waals surface area contributed by atoms with Gasteiger partial charge in [0.1, 0.15) is 5.75 Å². The largest absolute Gasteiger partial charge is 0.492 e. The summed E-state index contributed by atoms with van der Waals surface area (Å²) < 4.78 is 9.62. The van der Waals surface area contributed by atoms with Crippen LogP contribution in [0.2, 0.25) is 0 Å². The van der Waals surface area contributed by atoms with E-state index in [0.29, 0.717) is 6.61 Å². The summed E-state index contributed by atoms with van der Waals surface area (Å²) in [4.78, 5) is 0. The lowest BCUT2D eigenvalue weighted by Gasteiger charge is -2.13. The molecule has 1 heterocycles. The Morgan fingerprint density at radius 2 is 2.20 bits per heavy atom. The number of halogens is 2. The van der Waals surface area contributed by atoms with E-state index in [1.54, 1.807) is 6.20 Å². The second-order valence-electron chi connectivity index (χ2n) is 4.25. The Bertz CT molecular complexity index is 544. The summed E-state index contributed by atoms with van der Waals surface area (Å²) in [7, 11) is 0. The molecule has 0 atom stereocenters. The molecule has 0 radical (unpaired) electrons. The Kier molecular flexibility index (Phi) is 6.06. The van der Waals surface area contributed by atoms with Gasteiger partial charge in [0.2, 0.25) is 0 Å². The quantitative estimate of drug-likeness (QED) is 0.719. The molecule has 1 aromatic heterocycles. The van der Waals surface area contributed by atoms with Gasteiger partial charge in [-0.3, -0.25) is 4.68 Å². The zero-order valence-corrected chi connectivity index (χ0v) is 14.4. The molecule has 0 saturated carbocycles. The molecular formula is C14H17Br2N3O. The van der Waals surface area contributed by atoms with Gasteiger partial charge in [-0.2, -0.15) is 5.10 Å². The molecule has 0 aliphatic rings. The summed E-state index contributed by atoms with van der Waals surface area (Å²) in [6.45, 7) is 5.11. The third kappa shape index (κ3) is 4.33. The monoisotopic (exact) mass is 401 g/mol. The molecule has 0 fully saturated rings. The highest BCUT2D eigenvalue weighted by molar-refractivity contribution is 9.11. The van der Waals surface area contributed by atoms with Crippen LogP contribution in [0.1, 0.15) is 12.5 Å². The lowest BCUT2D eigenvalue weighted by Crippen LogP contribution is -2.20. The summed E-state index contributed by atoms with van der Waals surface area (Å²) in [5.41, 5.74) is 1.13. The number of hydrogen-bond donors (Lipinski definition) is 1. The molecule has 2 rings (SSSR count). The van der Waals surface area contributed by atoms with E-state index >= 15 is 0 Å². The van der Waals surface area contributed by atoms with Crippen molar-refractivity contribution in [2.24, 2.45) is 0 Å². The predicted octanol–water partition coefficient (Wildman–Crippen LogP) is 3.60. The van der Waals surface area contributed by atoms with Crippen molar-refractivity contribution in [1.82, 2.24) is 15.1 Å². The molecule has 4 nitrogen and oxygen atoms in total. The Morgan fingerprint density at radius 1 is 1.35 bits per heavy atom. The van der Waals surface area contributed by atoms with Crippen LogP contribution in [-0.4, -0.2) is 22.9 Å². The SMILES string of the molecule is CCOc1c(Br)cc(Br)cc1CNCCn1cccn1. The molecule has 1 N–H and O–H groups in total. The van der Waals surface area contributed by atoms with Crippen molar-refractivity contribution in [3.05, 3.63) is 45.1 Å². The molecular weight excluding hydrogens is 386 g/mol. The first-order valence-electron chi connectivity index (χ1n) is 6.49. The third-order valence-electron chi connectivity index (χ3n) is 2.77. The average molecular weight is 403 g/mol. The van der Waals surface area contributed by atoms with E-state index in [1.165, 1.54) is 0 Å². The van der Waals surface area contributed by atoms with Gasteiger partial charge < -0.3 is 10.1 Å². The maximum atomic E-state index is 5.70. The lowest BCUT2D eigenvalue weighted by molar-refractivity contribution is 0.333. The summed E-state index contributed by atoms with van der Waals surface area (Å²) in [6.07, 6.45) is 3.75.